The number of nitrogen functional groups attached to an aromatic ring is 1. The number of anilines is 2. The molecule has 6 nitrogen and oxygen atoms in total. The van der Waals surface area contributed by atoms with Gasteiger partial charge in [-0.3, -0.25) is 0 Å². The lowest BCUT2D eigenvalue weighted by molar-refractivity contribution is 0.00769. The minimum absolute atomic E-state index is 0.338. The highest BCUT2D eigenvalue weighted by Crippen LogP contribution is 2.16. The molecule has 0 bridgehead atoms. The number of hydrogen-bond donors (Lipinski definition) is 3. The maximum atomic E-state index is 9.50. The molecule has 0 spiro atoms. The van der Waals surface area contributed by atoms with Gasteiger partial charge in [0.15, 0.2) is 0 Å². The van der Waals surface area contributed by atoms with E-state index in [0.29, 0.717) is 31.3 Å². The van der Waals surface area contributed by atoms with Crippen LogP contribution in [0.15, 0.2) is 12.3 Å². The highest BCUT2D eigenvalue weighted by molar-refractivity contribution is 5.38. The van der Waals surface area contributed by atoms with Gasteiger partial charge in [-0.2, -0.15) is 4.98 Å². The summed E-state index contributed by atoms with van der Waals surface area (Å²) < 4.78 is 0. The molecule has 110 valence electrons. The lowest BCUT2D eigenvalue weighted by Crippen LogP contribution is -2.47. The standard InChI is InChI=1S/C9H14N4O2.2C2H6/c10-8-1-3-11-9(12-8)13-4-2-6(14)7(15)5-13;2*1-2/h1,3,6-7,14-15H,2,4-5H2,(H2,10,11,12);2*1-2H3. The van der Waals surface area contributed by atoms with Crippen LogP contribution in [0.5, 0.6) is 0 Å². The number of piperidine rings is 1. The molecule has 1 aromatic rings. The van der Waals surface area contributed by atoms with Gasteiger partial charge in [-0.05, 0) is 12.5 Å². The Bertz CT molecular complexity index is 349. The topological polar surface area (TPSA) is 95.5 Å². The molecule has 2 heterocycles. The Kier molecular flexibility index (Phi) is 8.82. The summed E-state index contributed by atoms with van der Waals surface area (Å²) in [4.78, 5) is 9.93. The fourth-order valence-corrected chi connectivity index (χ4v) is 1.62. The third kappa shape index (κ3) is 5.40. The summed E-state index contributed by atoms with van der Waals surface area (Å²) in [6, 6.07) is 1.61. The molecule has 0 saturated carbocycles. The third-order valence-electron chi connectivity index (χ3n) is 2.49. The van der Waals surface area contributed by atoms with Crippen LogP contribution in [0, 0.1) is 0 Å². The van der Waals surface area contributed by atoms with Gasteiger partial charge in [-0.1, -0.05) is 27.7 Å². The molecule has 0 aliphatic carbocycles. The summed E-state index contributed by atoms with van der Waals surface area (Å²) >= 11 is 0. The second-order valence-electron chi connectivity index (χ2n) is 3.65. The smallest absolute Gasteiger partial charge is 0.227 e. The summed E-state index contributed by atoms with van der Waals surface area (Å²) in [5.74, 6) is 0.904. The molecule has 0 radical (unpaired) electrons. The van der Waals surface area contributed by atoms with Crippen LogP contribution in [0.2, 0.25) is 0 Å². The van der Waals surface area contributed by atoms with Crippen molar-refractivity contribution >= 4 is 11.8 Å². The quantitative estimate of drug-likeness (QED) is 0.706. The zero-order valence-electron chi connectivity index (χ0n) is 12.2. The van der Waals surface area contributed by atoms with Gasteiger partial charge in [0, 0.05) is 19.3 Å². The average molecular weight is 270 g/mol. The van der Waals surface area contributed by atoms with Crippen molar-refractivity contribution in [2.45, 2.75) is 46.3 Å². The van der Waals surface area contributed by atoms with Crippen molar-refractivity contribution in [3.05, 3.63) is 12.3 Å². The fraction of sp³-hybridized carbons (Fsp3) is 0.692. The van der Waals surface area contributed by atoms with Crippen molar-refractivity contribution in [2.24, 2.45) is 0 Å². The predicted octanol–water partition coefficient (Wildman–Crippen LogP) is 1.04. The Hall–Kier alpha value is -1.40. The number of hydrogen-bond acceptors (Lipinski definition) is 6. The van der Waals surface area contributed by atoms with Crippen LogP contribution in [0.4, 0.5) is 11.8 Å². The molecule has 0 amide bonds. The summed E-state index contributed by atoms with van der Waals surface area (Å²) in [6.07, 6.45) is 0.695. The second-order valence-corrected chi connectivity index (χ2v) is 3.65. The lowest BCUT2D eigenvalue weighted by Gasteiger charge is -2.33. The molecule has 2 rings (SSSR count). The predicted molar refractivity (Wildman–Crippen MR) is 78.0 cm³/mol. The van der Waals surface area contributed by atoms with E-state index in [2.05, 4.69) is 9.97 Å². The van der Waals surface area contributed by atoms with Crippen LogP contribution in [0.25, 0.3) is 0 Å². The number of nitrogens with two attached hydrogens (primary N) is 1. The first-order valence-corrected chi connectivity index (χ1v) is 6.86. The van der Waals surface area contributed by atoms with E-state index < -0.39 is 12.2 Å². The van der Waals surface area contributed by atoms with Crippen molar-refractivity contribution in [3.8, 4) is 0 Å². The van der Waals surface area contributed by atoms with Crippen molar-refractivity contribution in [1.82, 2.24) is 9.97 Å². The van der Waals surface area contributed by atoms with Crippen LogP contribution >= 0.6 is 0 Å². The molecular weight excluding hydrogens is 244 g/mol. The maximum absolute atomic E-state index is 9.50. The van der Waals surface area contributed by atoms with Crippen LogP contribution in [-0.4, -0.2) is 45.5 Å². The SMILES string of the molecule is CC.CC.Nc1ccnc(N2CCC(O)C(O)C2)n1. The van der Waals surface area contributed by atoms with Crippen molar-refractivity contribution < 1.29 is 10.2 Å². The number of nitrogens with zero attached hydrogens (tertiary/aromatic N) is 3. The van der Waals surface area contributed by atoms with Crippen molar-refractivity contribution in [2.75, 3.05) is 23.7 Å². The van der Waals surface area contributed by atoms with Crippen molar-refractivity contribution in [3.63, 3.8) is 0 Å². The van der Waals surface area contributed by atoms with E-state index in [-0.39, 0.29) is 0 Å². The van der Waals surface area contributed by atoms with Crippen LogP contribution in [-0.2, 0) is 0 Å². The number of β-amino-alcohol motifs (C(OH)–C–C–N with tert-alkyl or cyclic N) is 1. The van der Waals surface area contributed by atoms with E-state index >= 15 is 0 Å². The van der Waals surface area contributed by atoms with E-state index in [1.54, 1.807) is 12.3 Å². The largest absolute Gasteiger partial charge is 0.390 e. The zero-order valence-corrected chi connectivity index (χ0v) is 12.2. The first-order chi connectivity index (χ1) is 9.16. The van der Waals surface area contributed by atoms with Gasteiger partial charge < -0.3 is 20.8 Å². The number of rotatable bonds is 1. The first-order valence-electron chi connectivity index (χ1n) is 6.86. The summed E-state index contributed by atoms with van der Waals surface area (Å²) in [5.41, 5.74) is 5.54. The minimum Gasteiger partial charge on any atom is -0.390 e. The monoisotopic (exact) mass is 270 g/mol. The van der Waals surface area contributed by atoms with E-state index in [4.69, 9.17) is 5.73 Å². The Morgan fingerprint density at radius 3 is 2.37 bits per heavy atom. The molecule has 0 aromatic carbocycles. The zero-order chi connectivity index (χ0) is 14.8. The fourth-order valence-electron chi connectivity index (χ4n) is 1.62. The number of aliphatic hydroxyl groups excluding tert-OH is 2. The van der Waals surface area contributed by atoms with E-state index in [1.165, 1.54) is 0 Å². The molecule has 2 atom stereocenters. The summed E-state index contributed by atoms with van der Waals surface area (Å²) in [6.45, 7) is 8.96. The van der Waals surface area contributed by atoms with Gasteiger partial charge >= 0.3 is 0 Å². The van der Waals surface area contributed by atoms with E-state index in [1.807, 2.05) is 32.6 Å². The summed E-state index contributed by atoms with van der Waals surface area (Å²) in [5, 5.41) is 18.9. The van der Waals surface area contributed by atoms with Gasteiger partial charge in [-0.15, -0.1) is 0 Å². The normalized spacial score (nSPS) is 21.7. The minimum atomic E-state index is -0.746. The Labute approximate surface area is 115 Å². The molecule has 6 heteroatoms. The van der Waals surface area contributed by atoms with Gasteiger partial charge in [0.25, 0.3) is 0 Å². The average Bonchev–Trinajstić information content (AvgIpc) is 2.46. The van der Waals surface area contributed by atoms with Crippen LogP contribution in [0.1, 0.15) is 34.1 Å². The molecule has 19 heavy (non-hydrogen) atoms. The highest BCUT2D eigenvalue weighted by atomic mass is 16.3. The first kappa shape index (κ1) is 17.6. The van der Waals surface area contributed by atoms with Crippen LogP contribution < -0.4 is 10.6 Å². The Morgan fingerprint density at radius 1 is 1.21 bits per heavy atom. The number of aliphatic hydroxyl groups is 2. The third-order valence-corrected chi connectivity index (χ3v) is 2.49. The molecule has 4 N–H and O–H groups in total. The molecule has 1 saturated heterocycles. The Balaban J connectivity index is 0.000000741. The van der Waals surface area contributed by atoms with Gasteiger partial charge in [0.05, 0.1) is 12.2 Å². The molecular formula is C13H26N4O2. The molecule has 1 aromatic heterocycles. The van der Waals surface area contributed by atoms with Gasteiger partial charge in [0.2, 0.25) is 5.95 Å². The second kappa shape index (κ2) is 9.52. The molecule has 1 fully saturated rings. The summed E-state index contributed by atoms with van der Waals surface area (Å²) in [7, 11) is 0. The molecule has 1 aliphatic heterocycles. The Morgan fingerprint density at radius 2 is 1.84 bits per heavy atom. The van der Waals surface area contributed by atoms with Crippen molar-refractivity contribution in [1.29, 1.82) is 0 Å². The van der Waals surface area contributed by atoms with Gasteiger partial charge in [-0.25, -0.2) is 4.98 Å². The lowest BCUT2D eigenvalue weighted by atomic mass is 10.1. The van der Waals surface area contributed by atoms with Gasteiger partial charge in [0.1, 0.15) is 5.82 Å². The highest BCUT2D eigenvalue weighted by Gasteiger charge is 2.27. The molecule has 1 aliphatic rings. The van der Waals surface area contributed by atoms with E-state index in [0.717, 1.165) is 0 Å². The maximum Gasteiger partial charge on any atom is 0.227 e. The molecule has 2 unspecified atom stereocenters. The van der Waals surface area contributed by atoms with E-state index in [9.17, 15) is 10.2 Å². The van der Waals surface area contributed by atoms with Crippen LogP contribution in [0.3, 0.4) is 0 Å². The number of aromatic nitrogens is 2.